The van der Waals surface area contributed by atoms with Gasteiger partial charge in [0.2, 0.25) is 0 Å². The normalized spacial score (nSPS) is 20.0. The van der Waals surface area contributed by atoms with E-state index in [2.05, 4.69) is 72.5 Å². The Bertz CT molecular complexity index is 617. The Morgan fingerprint density at radius 2 is 2.04 bits per heavy atom. The first-order valence-electron chi connectivity index (χ1n) is 8.80. The highest BCUT2D eigenvalue weighted by molar-refractivity contribution is 5.36. The number of H-pyrrole nitrogens is 1. The van der Waals surface area contributed by atoms with Crippen molar-refractivity contribution in [3.8, 4) is 0 Å². The van der Waals surface area contributed by atoms with Gasteiger partial charge in [0, 0.05) is 17.4 Å². The fourth-order valence-electron chi connectivity index (χ4n) is 3.84. The molecule has 2 aromatic rings. The van der Waals surface area contributed by atoms with Crippen LogP contribution in [0, 0.1) is 13.8 Å². The molecule has 0 amide bonds. The summed E-state index contributed by atoms with van der Waals surface area (Å²) in [5, 5.41) is 3.81. The SMILES string of the molecule is Cc1cc(C(NCCC2CCCN2C)c2ccccc2)c(C)[nH]1. The van der Waals surface area contributed by atoms with E-state index in [1.807, 2.05) is 0 Å². The van der Waals surface area contributed by atoms with Gasteiger partial charge < -0.3 is 15.2 Å². The highest BCUT2D eigenvalue weighted by Crippen LogP contribution is 2.26. The van der Waals surface area contributed by atoms with Crippen LogP contribution < -0.4 is 5.32 Å². The Morgan fingerprint density at radius 3 is 2.65 bits per heavy atom. The number of nitrogens with zero attached hydrogens (tertiary/aromatic N) is 1. The van der Waals surface area contributed by atoms with E-state index in [9.17, 15) is 0 Å². The van der Waals surface area contributed by atoms with Crippen LogP contribution in [0.2, 0.25) is 0 Å². The molecule has 1 fully saturated rings. The van der Waals surface area contributed by atoms with Crippen molar-refractivity contribution < 1.29 is 0 Å². The summed E-state index contributed by atoms with van der Waals surface area (Å²) in [6.07, 6.45) is 3.91. The Kier molecular flexibility index (Phi) is 5.19. The van der Waals surface area contributed by atoms with Crippen LogP contribution in [0.1, 0.15) is 47.8 Å². The highest BCUT2D eigenvalue weighted by Gasteiger charge is 2.22. The molecule has 2 unspecified atom stereocenters. The molecule has 2 heterocycles. The number of nitrogens with one attached hydrogen (secondary N) is 2. The summed E-state index contributed by atoms with van der Waals surface area (Å²) in [6.45, 7) is 6.61. The second-order valence-corrected chi connectivity index (χ2v) is 6.90. The summed E-state index contributed by atoms with van der Waals surface area (Å²) in [5.41, 5.74) is 5.21. The van der Waals surface area contributed by atoms with Crippen molar-refractivity contribution >= 4 is 0 Å². The van der Waals surface area contributed by atoms with E-state index < -0.39 is 0 Å². The van der Waals surface area contributed by atoms with Crippen molar-refractivity contribution in [2.24, 2.45) is 0 Å². The van der Waals surface area contributed by atoms with Gasteiger partial charge in [-0.05, 0) is 70.4 Å². The van der Waals surface area contributed by atoms with Gasteiger partial charge >= 0.3 is 0 Å². The van der Waals surface area contributed by atoms with Crippen LogP contribution >= 0.6 is 0 Å². The number of likely N-dealkylation sites (tertiary alicyclic amines) is 1. The molecule has 124 valence electrons. The van der Waals surface area contributed by atoms with E-state index in [1.165, 1.54) is 48.3 Å². The molecule has 0 saturated carbocycles. The zero-order chi connectivity index (χ0) is 16.2. The smallest absolute Gasteiger partial charge is 0.0594 e. The molecule has 3 heteroatoms. The fourth-order valence-corrected chi connectivity index (χ4v) is 3.84. The first-order valence-corrected chi connectivity index (χ1v) is 8.80. The number of rotatable bonds is 6. The molecule has 1 aliphatic rings. The lowest BCUT2D eigenvalue weighted by Gasteiger charge is -2.23. The predicted molar refractivity (Wildman–Crippen MR) is 96.8 cm³/mol. The third-order valence-electron chi connectivity index (χ3n) is 5.13. The molecule has 1 aromatic carbocycles. The van der Waals surface area contributed by atoms with E-state index in [-0.39, 0.29) is 6.04 Å². The standard InChI is InChI=1S/C20H29N3/c1-15-14-19(16(2)22-15)20(17-8-5-4-6-9-17)21-12-11-18-10-7-13-23(18)3/h4-6,8-9,14,18,20-22H,7,10-13H2,1-3H3. The van der Waals surface area contributed by atoms with Gasteiger partial charge in [-0.25, -0.2) is 0 Å². The summed E-state index contributed by atoms with van der Waals surface area (Å²) >= 11 is 0. The summed E-state index contributed by atoms with van der Waals surface area (Å²) in [7, 11) is 2.26. The summed E-state index contributed by atoms with van der Waals surface area (Å²) in [6, 6.07) is 14.1. The molecule has 23 heavy (non-hydrogen) atoms. The second kappa shape index (κ2) is 7.33. The topological polar surface area (TPSA) is 31.1 Å². The fraction of sp³-hybridized carbons (Fsp3) is 0.500. The van der Waals surface area contributed by atoms with Gasteiger partial charge in [-0.1, -0.05) is 30.3 Å². The van der Waals surface area contributed by atoms with Crippen LogP contribution in [0.5, 0.6) is 0 Å². The Balaban J connectivity index is 1.72. The monoisotopic (exact) mass is 311 g/mol. The number of aryl methyl sites for hydroxylation is 2. The van der Waals surface area contributed by atoms with Gasteiger partial charge in [0.05, 0.1) is 6.04 Å². The minimum absolute atomic E-state index is 0.271. The summed E-state index contributed by atoms with van der Waals surface area (Å²) in [5.74, 6) is 0. The Labute approximate surface area is 140 Å². The molecule has 3 nitrogen and oxygen atoms in total. The second-order valence-electron chi connectivity index (χ2n) is 6.90. The lowest BCUT2D eigenvalue weighted by Crippen LogP contribution is -2.31. The Morgan fingerprint density at radius 1 is 1.26 bits per heavy atom. The molecule has 1 aromatic heterocycles. The molecule has 0 spiro atoms. The maximum Gasteiger partial charge on any atom is 0.0594 e. The lowest BCUT2D eigenvalue weighted by molar-refractivity contribution is 0.292. The average molecular weight is 311 g/mol. The zero-order valence-electron chi connectivity index (χ0n) is 14.6. The van der Waals surface area contributed by atoms with Crippen molar-refractivity contribution in [1.29, 1.82) is 0 Å². The number of aromatic amines is 1. The Hall–Kier alpha value is -1.58. The third kappa shape index (κ3) is 3.85. The molecule has 0 aliphatic carbocycles. The van der Waals surface area contributed by atoms with Gasteiger partial charge in [0.15, 0.2) is 0 Å². The van der Waals surface area contributed by atoms with Gasteiger partial charge in [0.1, 0.15) is 0 Å². The highest BCUT2D eigenvalue weighted by atomic mass is 15.1. The van der Waals surface area contributed by atoms with E-state index >= 15 is 0 Å². The van der Waals surface area contributed by atoms with Gasteiger partial charge in [0.25, 0.3) is 0 Å². The lowest BCUT2D eigenvalue weighted by atomic mass is 9.98. The van der Waals surface area contributed by atoms with E-state index in [0.29, 0.717) is 0 Å². The van der Waals surface area contributed by atoms with Crippen molar-refractivity contribution in [2.75, 3.05) is 20.1 Å². The van der Waals surface area contributed by atoms with Crippen molar-refractivity contribution in [3.05, 3.63) is 58.9 Å². The van der Waals surface area contributed by atoms with Crippen molar-refractivity contribution in [1.82, 2.24) is 15.2 Å². The first kappa shape index (κ1) is 16.3. The number of hydrogen-bond acceptors (Lipinski definition) is 2. The predicted octanol–water partition coefficient (Wildman–Crippen LogP) is 3.79. The minimum atomic E-state index is 0.271. The molecule has 3 rings (SSSR count). The van der Waals surface area contributed by atoms with Crippen LogP contribution in [-0.2, 0) is 0 Å². The maximum absolute atomic E-state index is 3.81. The number of hydrogen-bond donors (Lipinski definition) is 2. The van der Waals surface area contributed by atoms with Crippen LogP contribution in [0.3, 0.4) is 0 Å². The molecular formula is C20H29N3. The summed E-state index contributed by atoms with van der Waals surface area (Å²) < 4.78 is 0. The van der Waals surface area contributed by atoms with Gasteiger partial charge in [-0.3, -0.25) is 0 Å². The number of benzene rings is 1. The van der Waals surface area contributed by atoms with Crippen LogP contribution in [0.25, 0.3) is 0 Å². The molecule has 2 N–H and O–H groups in total. The average Bonchev–Trinajstić information content (AvgIpc) is 3.10. The molecular weight excluding hydrogens is 282 g/mol. The first-order chi connectivity index (χ1) is 11.1. The quantitative estimate of drug-likeness (QED) is 0.850. The van der Waals surface area contributed by atoms with Gasteiger partial charge in [-0.15, -0.1) is 0 Å². The largest absolute Gasteiger partial charge is 0.362 e. The molecule has 0 radical (unpaired) electrons. The molecule has 0 bridgehead atoms. The van der Waals surface area contributed by atoms with Crippen LogP contribution in [0.15, 0.2) is 36.4 Å². The zero-order valence-corrected chi connectivity index (χ0v) is 14.6. The third-order valence-corrected chi connectivity index (χ3v) is 5.13. The summed E-state index contributed by atoms with van der Waals surface area (Å²) in [4.78, 5) is 5.95. The minimum Gasteiger partial charge on any atom is -0.362 e. The van der Waals surface area contributed by atoms with Gasteiger partial charge in [-0.2, -0.15) is 0 Å². The van der Waals surface area contributed by atoms with Crippen LogP contribution in [-0.4, -0.2) is 36.1 Å². The van der Waals surface area contributed by atoms with E-state index in [1.54, 1.807) is 0 Å². The van der Waals surface area contributed by atoms with Crippen molar-refractivity contribution in [3.63, 3.8) is 0 Å². The van der Waals surface area contributed by atoms with E-state index in [4.69, 9.17) is 0 Å². The van der Waals surface area contributed by atoms with Crippen LogP contribution in [0.4, 0.5) is 0 Å². The molecule has 1 saturated heterocycles. The molecule has 1 aliphatic heterocycles. The van der Waals surface area contributed by atoms with E-state index in [0.717, 1.165) is 12.6 Å². The molecule has 2 atom stereocenters. The maximum atomic E-state index is 3.81. The van der Waals surface area contributed by atoms with Crippen molar-refractivity contribution in [2.45, 2.75) is 45.2 Å². The number of aromatic nitrogens is 1.